The normalized spacial score (nSPS) is 13.1. The third kappa shape index (κ3) is 8.73. The molecule has 0 aliphatic rings. The Morgan fingerprint density at radius 3 is 2.09 bits per heavy atom. The number of nitrogens with one attached hydrogen (secondary N) is 3. The highest BCUT2D eigenvalue weighted by molar-refractivity contribution is 5.92. The summed E-state index contributed by atoms with van der Waals surface area (Å²) in [6.07, 6.45) is 0.264. The monoisotopic (exact) mass is 332 g/mol. The summed E-state index contributed by atoms with van der Waals surface area (Å²) in [7, 11) is 0. The van der Waals surface area contributed by atoms with Crippen molar-refractivity contribution in [1.29, 1.82) is 0 Å². The fourth-order valence-corrected chi connectivity index (χ4v) is 1.66. The van der Waals surface area contributed by atoms with Gasteiger partial charge in [-0.2, -0.15) is 0 Å². The van der Waals surface area contributed by atoms with Crippen LogP contribution in [0.3, 0.4) is 0 Å². The molecule has 10 heteroatoms. The van der Waals surface area contributed by atoms with Gasteiger partial charge in [0.1, 0.15) is 12.1 Å². The van der Waals surface area contributed by atoms with E-state index in [0.29, 0.717) is 0 Å². The molecule has 0 heterocycles. The number of aliphatic hydroxyl groups is 1. The minimum Gasteiger partial charge on any atom is -0.480 e. The molecule has 0 bridgehead atoms. The summed E-state index contributed by atoms with van der Waals surface area (Å²) in [5.41, 5.74) is 5.08. The SMILES string of the molecule is CC(C)C[C@H](NC(=O)CNC(=O)CN)C(=O)N[C@@H](CO)C(=O)O. The number of amides is 3. The quantitative estimate of drug-likeness (QED) is 0.250. The number of rotatable bonds is 10. The van der Waals surface area contributed by atoms with E-state index in [0.717, 1.165) is 0 Å². The second-order valence-corrected chi connectivity index (χ2v) is 5.31. The summed E-state index contributed by atoms with van der Waals surface area (Å²) in [5, 5.41) is 24.6. The minimum atomic E-state index is -1.45. The first-order valence-corrected chi connectivity index (χ1v) is 7.11. The maximum atomic E-state index is 12.1. The van der Waals surface area contributed by atoms with E-state index < -0.39 is 42.4 Å². The Morgan fingerprint density at radius 1 is 1.04 bits per heavy atom. The summed E-state index contributed by atoms with van der Waals surface area (Å²) in [6, 6.07) is -2.43. The number of carbonyl (C=O) groups excluding carboxylic acids is 3. The molecule has 7 N–H and O–H groups in total. The molecule has 0 radical (unpaired) electrons. The largest absolute Gasteiger partial charge is 0.480 e. The number of hydrogen-bond donors (Lipinski definition) is 6. The zero-order valence-electron chi connectivity index (χ0n) is 13.2. The molecule has 0 aliphatic heterocycles. The molecule has 3 amide bonds. The van der Waals surface area contributed by atoms with Crippen LogP contribution in [0.25, 0.3) is 0 Å². The number of aliphatic hydroxyl groups excluding tert-OH is 1. The van der Waals surface area contributed by atoms with E-state index >= 15 is 0 Å². The van der Waals surface area contributed by atoms with Gasteiger partial charge in [-0.1, -0.05) is 13.8 Å². The average Bonchev–Trinajstić information content (AvgIpc) is 2.48. The summed E-state index contributed by atoms with van der Waals surface area (Å²) in [5.74, 6) is -3.19. The van der Waals surface area contributed by atoms with Crippen molar-refractivity contribution in [2.75, 3.05) is 19.7 Å². The predicted octanol–water partition coefficient (Wildman–Crippen LogP) is -2.85. The Kier molecular flexibility index (Phi) is 9.51. The number of aliphatic carboxylic acids is 1. The van der Waals surface area contributed by atoms with Gasteiger partial charge in [0.05, 0.1) is 19.7 Å². The molecule has 10 nitrogen and oxygen atoms in total. The van der Waals surface area contributed by atoms with E-state index in [2.05, 4.69) is 16.0 Å². The molecule has 0 aromatic carbocycles. The predicted molar refractivity (Wildman–Crippen MR) is 80.1 cm³/mol. The minimum absolute atomic E-state index is 0.0436. The highest BCUT2D eigenvalue weighted by Crippen LogP contribution is 2.05. The van der Waals surface area contributed by atoms with Crippen LogP contribution in [0.2, 0.25) is 0 Å². The van der Waals surface area contributed by atoms with Crippen molar-refractivity contribution in [3.63, 3.8) is 0 Å². The lowest BCUT2D eigenvalue weighted by Gasteiger charge is -2.22. The fourth-order valence-electron chi connectivity index (χ4n) is 1.66. The van der Waals surface area contributed by atoms with Crippen LogP contribution in [0.5, 0.6) is 0 Å². The number of carboxylic acids is 1. The molecule has 0 saturated carbocycles. The Labute approximate surface area is 133 Å². The molecule has 132 valence electrons. The van der Waals surface area contributed by atoms with Gasteiger partial charge in [-0.15, -0.1) is 0 Å². The molecule has 0 fully saturated rings. The van der Waals surface area contributed by atoms with Crippen LogP contribution >= 0.6 is 0 Å². The van der Waals surface area contributed by atoms with Crippen molar-refractivity contribution in [2.45, 2.75) is 32.4 Å². The van der Waals surface area contributed by atoms with Gasteiger partial charge in [0.25, 0.3) is 0 Å². The fraction of sp³-hybridized carbons (Fsp3) is 0.692. The van der Waals surface area contributed by atoms with E-state index in [9.17, 15) is 19.2 Å². The molecule has 0 unspecified atom stereocenters. The van der Waals surface area contributed by atoms with Gasteiger partial charge < -0.3 is 31.9 Å². The lowest BCUT2D eigenvalue weighted by Crippen LogP contribution is -2.54. The van der Waals surface area contributed by atoms with Crippen LogP contribution in [0, 0.1) is 5.92 Å². The van der Waals surface area contributed by atoms with E-state index in [1.807, 2.05) is 13.8 Å². The second-order valence-electron chi connectivity index (χ2n) is 5.31. The van der Waals surface area contributed by atoms with Gasteiger partial charge in [0.15, 0.2) is 0 Å². The molecule has 0 aliphatic carbocycles. The van der Waals surface area contributed by atoms with Crippen LogP contribution in [-0.4, -0.2) is 65.7 Å². The van der Waals surface area contributed by atoms with Crippen molar-refractivity contribution >= 4 is 23.7 Å². The molecule has 0 spiro atoms. The van der Waals surface area contributed by atoms with Gasteiger partial charge in [0.2, 0.25) is 17.7 Å². The maximum Gasteiger partial charge on any atom is 0.328 e. The molecule has 23 heavy (non-hydrogen) atoms. The van der Waals surface area contributed by atoms with Crippen LogP contribution < -0.4 is 21.7 Å². The zero-order chi connectivity index (χ0) is 18.0. The Morgan fingerprint density at radius 2 is 1.65 bits per heavy atom. The average molecular weight is 332 g/mol. The first-order valence-electron chi connectivity index (χ1n) is 7.11. The summed E-state index contributed by atoms with van der Waals surface area (Å²) in [6.45, 7) is 2.27. The Hall–Kier alpha value is -2.20. The third-order valence-electron chi connectivity index (χ3n) is 2.79. The van der Waals surface area contributed by atoms with Gasteiger partial charge in [-0.3, -0.25) is 14.4 Å². The van der Waals surface area contributed by atoms with Crippen molar-refractivity contribution in [3.8, 4) is 0 Å². The highest BCUT2D eigenvalue weighted by atomic mass is 16.4. The van der Waals surface area contributed by atoms with Crippen LogP contribution in [0.1, 0.15) is 20.3 Å². The number of hydrogen-bond acceptors (Lipinski definition) is 6. The van der Waals surface area contributed by atoms with Gasteiger partial charge in [-0.25, -0.2) is 4.79 Å². The van der Waals surface area contributed by atoms with Crippen LogP contribution in [0.4, 0.5) is 0 Å². The lowest BCUT2D eigenvalue weighted by atomic mass is 10.0. The first-order chi connectivity index (χ1) is 10.7. The van der Waals surface area contributed by atoms with E-state index in [4.69, 9.17) is 15.9 Å². The van der Waals surface area contributed by atoms with Crippen molar-refractivity contribution in [2.24, 2.45) is 11.7 Å². The van der Waals surface area contributed by atoms with Crippen LogP contribution in [-0.2, 0) is 19.2 Å². The third-order valence-corrected chi connectivity index (χ3v) is 2.79. The highest BCUT2D eigenvalue weighted by Gasteiger charge is 2.26. The smallest absolute Gasteiger partial charge is 0.328 e. The summed E-state index contributed by atoms with van der Waals surface area (Å²) >= 11 is 0. The van der Waals surface area contributed by atoms with E-state index in [1.54, 1.807) is 0 Å². The second kappa shape index (κ2) is 10.5. The zero-order valence-corrected chi connectivity index (χ0v) is 13.2. The molecule has 2 atom stereocenters. The Bertz CT molecular complexity index is 440. The number of carboxylic acid groups (broad SMARTS) is 1. The molecule has 0 aromatic heterocycles. The molecular formula is C13H24N4O6. The standard InChI is InChI=1S/C13H24N4O6/c1-7(2)3-8(12(21)17-9(6-18)13(22)23)16-11(20)5-15-10(19)4-14/h7-9,18H,3-6,14H2,1-2H3,(H,15,19)(H,16,20)(H,17,21)(H,22,23)/t8-,9-/m0/s1. The van der Waals surface area contributed by atoms with E-state index in [-0.39, 0.29) is 25.4 Å². The van der Waals surface area contributed by atoms with E-state index in [1.165, 1.54) is 0 Å². The lowest BCUT2D eigenvalue weighted by molar-refractivity contribution is -0.143. The molecule has 0 aromatic rings. The summed E-state index contributed by atoms with van der Waals surface area (Å²) < 4.78 is 0. The molecular weight excluding hydrogens is 308 g/mol. The number of nitrogens with two attached hydrogens (primary N) is 1. The van der Waals surface area contributed by atoms with Crippen molar-refractivity contribution < 1.29 is 29.4 Å². The van der Waals surface area contributed by atoms with Crippen LogP contribution in [0.15, 0.2) is 0 Å². The topological polar surface area (TPSA) is 171 Å². The number of carbonyl (C=O) groups is 4. The molecule has 0 rings (SSSR count). The van der Waals surface area contributed by atoms with Crippen molar-refractivity contribution in [3.05, 3.63) is 0 Å². The van der Waals surface area contributed by atoms with Gasteiger partial charge in [0, 0.05) is 0 Å². The maximum absolute atomic E-state index is 12.1. The summed E-state index contributed by atoms with van der Waals surface area (Å²) in [4.78, 5) is 45.6. The molecule has 0 saturated heterocycles. The van der Waals surface area contributed by atoms with Gasteiger partial charge >= 0.3 is 5.97 Å². The van der Waals surface area contributed by atoms with Crippen molar-refractivity contribution in [1.82, 2.24) is 16.0 Å². The first kappa shape index (κ1) is 20.8. The van der Waals surface area contributed by atoms with Gasteiger partial charge in [-0.05, 0) is 12.3 Å². The Balaban J connectivity index is 4.73.